The summed E-state index contributed by atoms with van der Waals surface area (Å²) in [5.41, 5.74) is -0.0680. The minimum atomic E-state index is -0.424. The van der Waals surface area contributed by atoms with Crippen molar-refractivity contribution in [1.82, 2.24) is 10.1 Å². The lowest BCUT2D eigenvalue weighted by atomic mass is 9.70. The Labute approximate surface area is 120 Å². The summed E-state index contributed by atoms with van der Waals surface area (Å²) in [5, 5.41) is 13.8. The van der Waals surface area contributed by atoms with Crippen molar-refractivity contribution in [3.63, 3.8) is 0 Å². The Morgan fingerprint density at radius 1 is 1.30 bits per heavy atom. The maximum atomic E-state index is 9.66. The van der Waals surface area contributed by atoms with Crippen molar-refractivity contribution in [2.45, 2.75) is 71.0 Å². The highest BCUT2D eigenvalue weighted by Crippen LogP contribution is 2.46. The molecule has 0 bridgehead atoms. The first-order valence-electron chi connectivity index (χ1n) is 7.47. The van der Waals surface area contributed by atoms with Gasteiger partial charge in [-0.1, -0.05) is 25.9 Å². The third-order valence-electron chi connectivity index (χ3n) is 4.56. The van der Waals surface area contributed by atoms with E-state index in [-0.39, 0.29) is 0 Å². The summed E-state index contributed by atoms with van der Waals surface area (Å²) in [6.07, 6.45) is 4.66. The molecule has 0 amide bonds. The smallest absolute Gasteiger partial charge is 0.229 e. The van der Waals surface area contributed by atoms with E-state index in [1.165, 1.54) is 0 Å². The zero-order valence-corrected chi connectivity index (χ0v) is 13.0. The second kappa shape index (κ2) is 5.82. The van der Waals surface area contributed by atoms with Gasteiger partial charge in [0.05, 0.1) is 12.5 Å². The molecule has 5 nitrogen and oxygen atoms in total. The summed E-state index contributed by atoms with van der Waals surface area (Å²) in [6.45, 7) is 6.50. The number of hydrogen-bond acceptors (Lipinski definition) is 5. The number of methoxy groups -OCH3 is 1. The Kier molecular flexibility index (Phi) is 4.49. The van der Waals surface area contributed by atoms with Gasteiger partial charge in [-0.3, -0.25) is 0 Å². The van der Waals surface area contributed by atoms with Crippen LogP contribution in [0.4, 0.5) is 0 Å². The molecule has 0 saturated heterocycles. The van der Waals surface area contributed by atoms with Gasteiger partial charge in [0.15, 0.2) is 0 Å². The van der Waals surface area contributed by atoms with Crippen molar-refractivity contribution < 1.29 is 14.4 Å². The molecule has 1 saturated carbocycles. The quantitative estimate of drug-likeness (QED) is 0.899. The third-order valence-corrected chi connectivity index (χ3v) is 4.56. The molecule has 2 rings (SSSR count). The number of aromatic nitrogens is 2. The average Bonchev–Trinajstić information content (AvgIpc) is 2.88. The van der Waals surface area contributed by atoms with Crippen LogP contribution < -0.4 is 0 Å². The van der Waals surface area contributed by atoms with Crippen LogP contribution in [0.5, 0.6) is 0 Å². The van der Waals surface area contributed by atoms with Crippen LogP contribution in [0.1, 0.15) is 64.6 Å². The summed E-state index contributed by atoms with van der Waals surface area (Å²) >= 11 is 0. The molecule has 5 heteroatoms. The van der Waals surface area contributed by atoms with Gasteiger partial charge in [-0.2, -0.15) is 4.98 Å². The number of nitrogens with zero attached hydrogens (tertiary/aromatic N) is 2. The minimum absolute atomic E-state index is 0.354. The Morgan fingerprint density at radius 2 is 1.95 bits per heavy atom. The van der Waals surface area contributed by atoms with Crippen LogP contribution in [-0.2, 0) is 16.8 Å². The van der Waals surface area contributed by atoms with Crippen LogP contribution in [-0.4, -0.2) is 28.5 Å². The second-order valence-electron chi connectivity index (χ2n) is 6.64. The van der Waals surface area contributed by atoms with Gasteiger partial charge < -0.3 is 14.4 Å². The number of ether oxygens (including phenoxy) is 1. The van der Waals surface area contributed by atoms with Crippen LogP contribution in [0.2, 0.25) is 0 Å². The van der Waals surface area contributed by atoms with Crippen molar-refractivity contribution in [2.75, 3.05) is 7.11 Å². The highest BCUT2D eigenvalue weighted by Gasteiger charge is 2.43. The van der Waals surface area contributed by atoms with Gasteiger partial charge in [-0.25, -0.2) is 0 Å². The monoisotopic (exact) mass is 282 g/mol. The fourth-order valence-corrected chi connectivity index (χ4v) is 2.72. The van der Waals surface area contributed by atoms with Crippen LogP contribution in [0.3, 0.4) is 0 Å². The molecular formula is C15H26N2O3. The van der Waals surface area contributed by atoms with Gasteiger partial charge in [0.2, 0.25) is 11.7 Å². The summed E-state index contributed by atoms with van der Waals surface area (Å²) in [4.78, 5) is 4.45. The molecule has 0 radical (unpaired) electrons. The minimum Gasteiger partial charge on any atom is -0.393 e. The number of aliphatic hydroxyl groups is 1. The van der Waals surface area contributed by atoms with Crippen LogP contribution in [0.15, 0.2) is 4.52 Å². The fraction of sp³-hybridized carbons (Fsp3) is 0.867. The molecule has 1 N–H and O–H groups in total. The van der Waals surface area contributed by atoms with Gasteiger partial charge in [0.25, 0.3) is 0 Å². The first kappa shape index (κ1) is 15.4. The van der Waals surface area contributed by atoms with Crippen LogP contribution in [0.25, 0.3) is 0 Å². The van der Waals surface area contributed by atoms with E-state index in [0.29, 0.717) is 30.0 Å². The molecular weight excluding hydrogens is 256 g/mol. The third kappa shape index (κ3) is 3.20. The van der Waals surface area contributed by atoms with Gasteiger partial charge in [-0.15, -0.1) is 0 Å². The molecule has 20 heavy (non-hydrogen) atoms. The molecule has 1 unspecified atom stereocenters. The molecule has 1 fully saturated rings. The van der Waals surface area contributed by atoms with Crippen molar-refractivity contribution in [3.05, 3.63) is 11.7 Å². The summed E-state index contributed by atoms with van der Waals surface area (Å²) in [6, 6.07) is 0. The lowest BCUT2D eigenvalue weighted by Crippen LogP contribution is -2.37. The predicted molar refractivity (Wildman–Crippen MR) is 75.2 cm³/mol. The van der Waals surface area contributed by atoms with E-state index < -0.39 is 11.7 Å². The Balaban J connectivity index is 2.12. The fourth-order valence-electron chi connectivity index (χ4n) is 2.72. The zero-order chi connectivity index (χ0) is 14.8. The van der Waals surface area contributed by atoms with E-state index in [0.717, 1.165) is 25.7 Å². The lowest BCUT2D eigenvalue weighted by Gasteiger charge is -2.40. The van der Waals surface area contributed by atoms with E-state index in [2.05, 4.69) is 24.0 Å². The molecule has 1 atom stereocenters. The van der Waals surface area contributed by atoms with Gasteiger partial charge in [0, 0.05) is 7.11 Å². The summed E-state index contributed by atoms with van der Waals surface area (Å²) in [7, 11) is 1.72. The molecule has 1 aromatic heterocycles. The van der Waals surface area contributed by atoms with Crippen molar-refractivity contribution in [2.24, 2.45) is 5.41 Å². The maximum absolute atomic E-state index is 9.66. The van der Waals surface area contributed by atoms with E-state index in [4.69, 9.17) is 9.26 Å². The topological polar surface area (TPSA) is 68.4 Å². The van der Waals surface area contributed by atoms with E-state index in [1.54, 1.807) is 7.11 Å². The first-order valence-corrected chi connectivity index (χ1v) is 7.47. The van der Waals surface area contributed by atoms with E-state index >= 15 is 0 Å². The second-order valence-corrected chi connectivity index (χ2v) is 6.64. The summed E-state index contributed by atoms with van der Waals surface area (Å²) in [5.74, 6) is 1.13. The Hall–Kier alpha value is -0.940. The van der Waals surface area contributed by atoms with Crippen LogP contribution >= 0.6 is 0 Å². The zero-order valence-electron chi connectivity index (χ0n) is 13.0. The maximum Gasteiger partial charge on any atom is 0.229 e. The molecule has 114 valence electrons. The predicted octanol–water partition coefficient (Wildman–Crippen LogP) is 2.82. The SMILES string of the molecule is CCC(O)Cc1nc(C2(OC)CCC(C)(C)CC2)no1. The number of aliphatic hydroxyl groups excluding tert-OH is 1. The molecule has 1 heterocycles. The van der Waals surface area contributed by atoms with Gasteiger partial charge >= 0.3 is 0 Å². The standard InChI is InChI=1S/C15H26N2O3/c1-5-11(18)10-12-16-13(17-20-12)15(19-4)8-6-14(2,3)7-9-15/h11,18H,5-10H2,1-4H3. The first-order chi connectivity index (χ1) is 9.41. The molecule has 1 aromatic rings. The molecule has 0 aromatic carbocycles. The largest absolute Gasteiger partial charge is 0.393 e. The Morgan fingerprint density at radius 3 is 2.50 bits per heavy atom. The van der Waals surface area contributed by atoms with Crippen molar-refractivity contribution >= 4 is 0 Å². The summed E-state index contributed by atoms with van der Waals surface area (Å²) < 4.78 is 11.0. The highest BCUT2D eigenvalue weighted by atomic mass is 16.5. The lowest BCUT2D eigenvalue weighted by molar-refractivity contribution is -0.0740. The normalized spacial score (nSPS) is 22.6. The molecule has 1 aliphatic rings. The van der Waals surface area contributed by atoms with Gasteiger partial charge in [0.1, 0.15) is 5.60 Å². The number of rotatable bonds is 5. The van der Waals surface area contributed by atoms with Crippen LogP contribution in [0, 0.1) is 5.41 Å². The van der Waals surface area contributed by atoms with Crippen molar-refractivity contribution in [3.8, 4) is 0 Å². The van der Waals surface area contributed by atoms with Gasteiger partial charge in [-0.05, 0) is 37.5 Å². The van der Waals surface area contributed by atoms with E-state index in [9.17, 15) is 5.11 Å². The molecule has 0 spiro atoms. The molecule has 0 aliphatic heterocycles. The van der Waals surface area contributed by atoms with Crippen molar-refractivity contribution in [1.29, 1.82) is 0 Å². The molecule has 1 aliphatic carbocycles. The Bertz CT molecular complexity index is 432. The van der Waals surface area contributed by atoms with E-state index in [1.807, 2.05) is 6.92 Å². The highest BCUT2D eigenvalue weighted by molar-refractivity contribution is 5.05. The number of hydrogen-bond donors (Lipinski definition) is 1. The average molecular weight is 282 g/mol.